The van der Waals surface area contributed by atoms with E-state index in [0.29, 0.717) is 0 Å². The summed E-state index contributed by atoms with van der Waals surface area (Å²) in [6.45, 7) is 8.63. The summed E-state index contributed by atoms with van der Waals surface area (Å²) < 4.78 is 8.40. The number of nitrogens with zero attached hydrogens (tertiary/aromatic N) is 2. The Morgan fingerprint density at radius 2 is 2.00 bits per heavy atom. The molecule has 0 bridgehead atoms. The van der Waals surface area contributed by atoms with Crippen LogP contribution in [0.3, 0.4) is 0 Å². The Hall–Kier alpha value is -1.81. The molecule has 4 heteroatoms. The highest BCUT2D eigenvalue weighted by atomic mass is 16.5. The molecule has 1 aromatic heterocycles. The number of fused-ring (bicyclic) bond motifs is 3. The minimum absolute atomic E-state index is 0.0635. The second-order valence-corrected chi connectivity index (χ2v) is 8.20. The zero-order chi connectivity index (χ0) is 18.8. The van der Waals surface area contributed by atoms with E-state index in [9.17, 15) is 4.79 Å². The standard InChI is InChI=1S/C23H32N2O2/c1-3-4-13-24-15-11-18(12-16-24)27-23(26)22-20-9-5-6-14-25(20)19-10-7-8-17(2)21(19)22/h7-8,10,18H,3-6,9,11-16H2,1-2H3. The fourth-order valence-electron chi connectivity index (χ4n) is 4.77. The number of aromatic nitrogens is 1. The number of aryl methyl sites for hydroxylation is 2. The number of carbonyl (C=O) groups is 1. The zero-order valence-electron chi connectivity index (χ0n) is 16.8. The van der Waals surface area contributed by atoms with Crippen LogP contribution < -0.4 is 0 Å². The topological polar surface area (TPSA) is 34.5 Å². The highest BCUT2D eigenvalue weighted by molar-refractivity contribution is 6.07. The van der Waals surface area contributed by atoms with Crippen LogP contribution in [0.25, 0.3) is 10.9 Å². The number of hydrogen-bond acceptors (Lipinski definition) is 3. The van der Waals surface area contributed by atoms with E-state index in [1.807, 2.05) is 0 Å². The molecule has 1 aromatic carbocycles. The molecule has 27 heavy (non-hydrogen) atoms. The van der Waals surface area contributed by atoms with Crippen molar-refractivity contribution in [3.63, 3.8) is 0 Å². The van der Waals surface area contributed by atoms with Crippen molar-refractivity contribution in [2.75, 3.05) is 19.6 Å². The van der Waals surface area contributed by atoms with Gasteiger partial charge < -0.3 is 14.2 Å². The van der Waals surface area contributed by atoms with Crippen molar-refractivity contribution in [2.24, 2.45) is 0 Å². The Labute approximate surface area is 162 Å². The molecular weight excluding hydrogens is 336 g/mol. The molecule has 0 N–H and O–H groups in total. The SMILES string of the molecule is CCCCN1CCC(OC(=O)c2c3n(c4cccc(C)c24)CCCC3)CC1. The third-order valence-corrected chi connectivity index (χ3v) is 6.29. The van der Waals surface area contributed by atoms with Crippen molar-refractivity contribution >= 4 is 16.9 Å². The van der Waals surface area contributed by atoms with Crippen LogP contribution in [0.15, 0.2) is 18.2 Å². The molecular formula is C23H32N2O2. The fraction of sp³-hybridized carbons (Fsp3) is 0.609. The van der Waals surface area contributed by atoms with Gasteiger partial charge in [-0.25, -0.2) is 4.79 Å². The minimum Gasteiger partial charge on any atom is -0.459 e. The first kappa shape index (κ1) is 18.5. The maximum Gasteiger partial charge on any atom is 0.340 e. The van der Waals surface area contributed by atoms with Gasteiger partial charge in [0.15, 0.2) is 0 Å². The van der Waals surface area contributed by atoms with Crippen molar-refractivity contribution in [3.8, 4) is 0 Å². The van der Waals surface area contributed by atoms with Crippen LogP contribution in [0.4, 0.5) is 0 Å². The molecule has 2 aliphatic heterocycles. The number of benzene rings is 1. The van der Waals surface area contributed by atoms with Crippen molar-refractivity contribution in [1.29, 1.82) is 0 Å². The van der Waals surface area contributed by atoms with Crippen molar-refractivity contribution < 1.29 is 9.53 Å². The molecule has 0 aliphatic carbocycles. The average Bonchev–Trinajstić information content (AvgIpc) is 3.03. The second kappa shape index (κ2) is 8.05. The van der Waals surface area contributed by atoms with Crippen LogP contribution in [0.5, 0.6) is 0 Å². The Kier molecular flexibility index (Phi) is 5.53. The largest absolute Gasteiger partial charge is 0.459 e. The molecule has 2 aromatic rings. The van der Waals surface area contributed by atoms with Crippen LogP contribution in [-0.4, -0.2) is 41.2 Å². The zero-order valence-corrected chi connectivity index (χ0v) is 16.8. The number of piperidine rings is 1. The quantitative estimate of drug-likeness (QED) is 0.717. The lowest BCUT2D eigenvalue weighted by Crippen LogP contribution is -2.38. The van der Waals surface area contributed by atoms with Crippen molar-refractivity contribution in [2.45, 2.75) is 71.4 Å². The molecule has 4 nitrogen and oxygen atoms in total. The first-order valence-electron chi connectivity index (χ1n) is 10.7. The summed E-state index contributed by atoms with van der Waals surface area (Å²) in [6, 6.07) is 6.36. The number of likely N-dealkylation sites (tertiary alicyclic amines) is 1. The highest BCUT2D eigenvalue weighted by Gasteiger charge is 2.29. The molecule has 0 saturated carbocycles. The van der Waals surface area contributed by atoms with Crippen LogP contribution in [-0.2, 0) is 17.7 Å². The lowest BCUT2D eigenvalue weighted by Gasteiger charge is -2.31. The van der Waals surface area contributed by atoms with Gasteiger partial charge in [-0.1, -0.05) is 25.5 Å². The Morgan fingerprint density at radius 1 is 1.19 bits per heavy atom. The lowest BCUT2D eigenvalue weighted by atomic mass is 10.0. The summed E-state index contributed by atoms with van der Waals surface area (Å²) >= 11 is 0. The van der Waals surface area contributed by atoms with E-state index in [2.05, 4.69) is 41.5 Å². The Balaban J connectivity index is 1.54. The summed E-state index contributed by atoms with van der Waals surface area (Å²) in [5.74, 6) is -0.100. The van der Waals surface area contributed by atoms with Gasteiger partial charge in [-0.15, -0.1) is 0 Å². The number of rotatable bonds is 5. The molecule has 146 valence electrons. The predicted octanol–water partition coefficient (Wildman–Crippen LogP) is 4.71. The third kappa shape index (κ3) is 3.64. The van der Waals surface area contributed by atoms with Crippen LogP contribution >= 0.6 is 0 Å². The maximum atomic E-state index is 13.2. The molecule has 0 atom stereocenters. The van der Waals surface area contributed by atoms with E-state index >= 15 is 0 Å². The van der Waals surface area contributed by atoms with Crippen molar-refractivity contribution in [3.05, 3.63) is 35.0 Å². The first-order chi connectivity index (χ1) is 13.2. The molecule has 0 spiro atoms. The van der Waals surface area contributed by atoms with Crippen molar-refractivity contribution in [1.82, 2.24) is 9.47 Å². The summed E-state index contributed by atoms with van der Waals surface area (Å²) in [4.78, 5) is 15.7. The van der Waals surface area contributed by atoms with E-state index in [4.69, 9.17) is 4.74 Å². The van der Waals surface area contributed by atoms with Gasteiger partial charge in [-0.3, -0.25) is 0 Å². The van der Waals surface area contributed by atoms with Gasteiger partial charge in [0.25, 0.3) is 0 Å². The fourth-order valence-corrected chi connectivity index (χ4v) is 4.77. The summed E-state index contributed by atoms with van der Waals surface area (Å²) in [5.41, 5.74) is 4.41. The van der Waals surface area contributed by atoms with Gasteiger partial charge in [0, 0.05) is 36.2 Å². The van der Waals surface area contributed by atoms with Gasteiger partial charge in [-0.2, -0.15) is 0 Å². The van der Waals surface area contributed by atoms with E-state index in [0.717, 1.165) is 56.3 Å². The Morgan fingerprint density at radius 3 is 2.78 bits per heavy atom. The molecule has 2 aliphatic rings. The van der Waals surface area contributed by atoms with Gasteiger partial charge in [0.05, 0.1) is 5.56 Å². The van der Waals surface area contributed by atoms with Crippen LogP contribution in [0, 0.1) is 6.92 Å². The number of ether oxygens (including phenoxy) is 1. The smallest absolute Gasteiger partial charge is 0.340 e. The molecule has 0 radical (unpaired) electrons. The monoisotopic (exact) mass is 368 g/mol. The normalized spacial score (nSPS) is 18.6. The van der Waals surface area contributed by atoms with E-state index in [1.54, 1.807) is 0 Å². The molecule has 1 fully saturated rings. The summed E-state index contributed by atoms with van der Waals surface area (Å²) in [5, 5.41) is 1.11. The van der Waals surface area contributed by atoms with Gasteiger partial charge in [0.1, 0.15) is 6.10 Å². The molecule has 0 amide bonds. The molecule has 0 unspecified atom stereocenters. The maximum absolute atomic E-state index is 13.2. The van der Waals surface area contributed by atoms with Crippen LogP contribution in [0.2, 0.25) is 0 Å². The number of carbonyl (C=O) groups excluding carboxylic acids is 1. The highest BCUT2D eigenvalue weighted by Crippen LogP contribution is 2.34. The van der Waals surface area contributed by atoms with E-state index in [1.165, 1.54) is 42.6 Å². The molecule has 4 rings (SSSR count). The summed E-state index contributed by atoms with van der Waals surface area (Å²) in [6.07, 6.45) is 7.81. The van der Waals surface area contributed by atoms with Gasteiger partial charge in [-0.05, 0) is 63.6 Å². The molecule has 3 heterocycles. The number of hydrogen-bond donors (Lipinski definition) is 0. The number of esters is 1. The third-order valence-electron chi connectivity index (χ3n) is 6.29. The Bertz CT molecular complexity index is 815. The predicted molar refractivity (Wildman–Crippen MR) is 109 cm³/mol. The summed E-state index contributed by atoms with van der Waals surface area (Å²) in [7, 11) is 0. The molecule has 1 saturated heterocycles. The lowest BCUT2D eigenvalue weighted by molar-refractivity contribution is 0.0113. The van der Waals surface area contributed by atoms with Gasteiger partial charge >= 0.3 is 5.97 Å². The minimum atomic E-state index is -0.100. The van der Waals surface area contributed by atoms with Gasteiger partial charge in [0.2, 0.25) is 0 Å². The van der Waals surface area contributed by atoms with E-state index < -0.39 is 0 Å². The second-order valence-electron chi connectivity index (χ2n) is 8.20. The number of unbranched alkanes of at least 4 members (excludes halogenated alkanes) is 1. The first-order valence-corrected chi connectivity index (χ1v) is 10.7. The van der Waals surface area contributed by atoms with E-state index in [-0.39, 0.29) is 12.1 Å². The average molecular weight is 369 g/mol. The van der Waals surface area contributed by atoms with Crippen LogP contribution in [0.1, 0.15) is 67.1 Å².